The highest BCUT2D eigenvalue weighted by molar-refractivity contribution is 5.78. The molecule has 7 nitrogen and oxygen atoms in total. The summed E-state index contributed by atoms with van der Waals surface area (Å²) in [6, 6.07) is 0. The van der Waals surface area contributed by atoms with Gasteiger partial charge in [0.05, 0.1) is 12.2 Å². The van der Waals surface area contributed by atoms with Gasteiger partial charge in [-0.25, -0.2) is 9.97 Å². The summed E-state index contributed by atoms with van der Waals surface area (Å²) in [5, 5.41) is 0. The van der Waals surface area contributed by atoms with Crippen molar-refractivity contribution in [1.82, 2.24) is 29.3 Å². The van der Waals surface area contributed by atoms with Gasteiger partial charge in [-0.1, -0.05) is 0 Å². The minimum Gasteiger partial charge on any atom is -0.342 e. The highest BCUT2D eigenvalue weighted by Crippen LogP contribution is 2.28. The van der Waals surface area contributed by atoms with E-state index in [0.717, 1.165) is 63.4 Å². The average molecular weight is 340 g/mol. The van der Waals surface area contributed by atoms with E-state index in [4.69, 9.17) is 0 Å². The van der Waals surface area contributed by atoms with Gasteiger partial charge in [0.1, 0.15) is 6.33 Å². The third-order valence-electron chi connectivity index (χ3n) is 5.17. The molecule has 0 radical (unpaired) electrons. The van der Waals surface area contributed by atoms with Crippen LogP contribution in [0.2, 0.25) is 0 Å². The monoisotopic (exact) mass is 340 g/mol. The second-order valence-corrected chi connectivity index (χ2v) is 6.90. The smallest absolute Gasteiger partial charge is 0.236 e. The number of imidazole rings is 1. The lowest BCUT2D eigenvalue weighted by Crippen LogP contribution is -2.43. The van der Waals surface area contributed by atoms with E-state index in [1.165, 1.54) is 0 Å². The van der Waals surface area contributed by atoms with E-state index in [1.54, 1.807) is 24.9 Å². The number of amides is 1. The Hall–Kier alpha value is -2.28. The maximum Gasteiger partial charge on any atom is 0.236 e. The van der Waals surface area contributed by atoms with E-state index < -0.39 is 0 Å². The number of carbonyl (C=O) groups is 1. The summed E-state index contributed by atoms with van der Waals surface area (Å²) in [7, 11) is 0. The average Bonchev–Trinajstić information content (AvgIpc) is 3.36. The quantitative estimate of drug-likeness (QED) is 0.843. The van der Waals surface area contributed by atoms with Gasteiger partial charge in [0.25, 0.3) is 0 Å². The molecular weight excluding hydrogens is 316 g/mol. The Kier molecular flexibility index (Phi) is 4.74. The van der Waals surface area contributed by atoms with Crippen molar-refractivity contribution >= 4 is 5.91 Å². The van der Waals surface area contributed by atoms with Crippen LogP contribution in [0.25, 0.3) is 5.82 Å². The van der Waals surface area contributed by atoms with Gasteiger partial charge in [-0.15, -0.1) is 0 Å². The normalized spacial score (nSPS) is 21.6. The number of aromatic nitrogens is 4. The number of rotatable bonds is 4. The van der Waals surface area contributed by atoms with Crippen LogP contribution in [0.4, 0.5) is 0 Å². The van der Waals surface area contributed by atoms with Crippen molar-refractivity contribution in [2.45, 2.75) is 31.6 Å². The fourth-order valence-electron chi connectivity index (χ4n) is 3.89. The molecule has 132 valence electrons. The second kappa shape index (κ2) is 7.31. The van der Waals surface area contributed by atoms with Crippen molar-refractivity contribution in [3.8, 4) is 5.82 Å². The van der Waals surface area contributed by atoms with Crippen LogP contribution in [0.5, 0.6) is 0 Å². The number of nitrogens with zero attached hydrogens (tertiary/aromatic N) is 6. The molecule has 4 rings (SSSR count). The molecule has 0 N–H and O–H groups in total. The summed E-state index contributed by atoms with van der Waals surface area (Å²) in [5.74, 6) is 1.41. The van der Waals surface area contributed by atoms with Gasteiger partial charge in [0, 0.05) is 50.3 Å². The molecule has 4 heterocycles. The molecule has 0 saturated carbocycles. The molecule has 1 amide bonds. The second-order valence-electron chi connectivity index (χ2n) is 6.90. The zero-order chi connectivity index (χ0) is 17.1. The third-order valence-corrected chi connectivity index (χ3v) is 5.17. The fourth-order valence-corrected chi connectivity index (χ4v) is 3.89. The van der Waals surface area contributed by atoms with Gasteiger partial charge in [-0.3, -0.25) is 19.2 Å². The number of carbonyl (C=O) groups excluding carboxylic acids is 1. The van der Waals surface area contributed by atoms with Gasteiger partial charge in [-0.05, 0) is 32.2 Å². The van der Waals surface area contributed by atoms with E-state index >= 15 is 0 Å². The van der Waals surface area contributed by atoms with Crippen molar-refractivity contribution in [2.24, 2.45) is 0 Å². The first-order valence-corrected chi connectivity index (χ1v) is 9.10. The Bertz CT molecular complexity index is 710. The maximum absolute atomic E-state index is 12.5. The molecule has 2 aliphatic rings. The Morgan fingerprint density at radius 1 is 1.08 bits per heavy atom. The zero-order valence-electron chi connectivity index (χ0n) is 14.4. The maximum atomic E-state index is 12.5. The molecule has 0 aromatic carbocycles. The van der Waals surface area contributed by atoms with Gasteiger partial charge in [0.15, 0.2) is 5.82 Å². The van der Waals surface area contributed by atoms with Gasteiger partial charge < -0.3 is 4.90 Å². The van der Waals surface area contributed by atoms with Crippen LogP contribution in [0.3, 0.4) is 0 Å². The van der Waals surface area contributed by atoms with Gasteiger partial charge >= 0.3 is 0 Å². The first-order valence-electron chi connectivity index (χ1n) is 9.10. The first kappa shape index (κ1) is 16.2. The minimum atomic E-state index is 0.270. The molecule has 7 heteroatoms. The predicted octanol–water partition coefficient (Wildman–Crippen LogP) is 1.46. The molecule has 2 aliphatic heterocycles. The SMILES string of the molecule is O=C(CN1CCCC(c2nccnc2-n2ccnc2)C1)N1CCCC1. The number of hydrogen-bond donors (Lipinski definition) is 0. The molecule has 1 unspecified atom stereocenters. The first-order chi connectivity index (χ1) is 12.3. The standard InChI is InChI=1S/C18H24N6O/c25-16(23-9-1-2-10-23)13-22-8-3-4-15(12-22)17-18(21-6-5-20-17)24-11-7-19-14-24/h5-7,11,14-15H,1-4,8-10,12-13H2. The van der Waals surface area contributed by atoms with Crippen molar-refractivity contribution in [2.75, 3.05) is 32.7 Å². The Morgan fingerprint density at radius 3 is 2.72 bits per heavy atom. The van der Waals surface area contributed by atoms with Crippen LogP contribution in [-0.4, -0.2) is 67.9 Å². The molecule has 0 spiro atoms. The van der Waals surface area contributed by atoms with Gasteiger partial charge in [-0.2, -0.15) is 0 Å². The Morgan fingerprint density at radius 2 is 1.92 bits per heavy atom. The largest absolute Gasteiger partial charge is 0.342 e. The molecule has 2 fully saturated rings. The summed E-state index contributed by atoms with van der Waals surface area (Å²) in [4.78, 5) is 30.0. The van der Waals surface area contributed by atoms with E-state index in [2.05, 4.69) is 19.9 Å². The summed E-state index contributed by atoms with van der Waals surface area (Å²) >= 11 is 0. The van der Waals surface area contributed by atoms with Crippen LogP contribution in [0.1, 0.15) is 37.3 Å². The highest BCUT2D eigenvalue weighted by atomic mass is 16.2. The molecule has 2 aromatic heterocycles. The lowest BCUT2D eigenvalue weighted by molar-refractivity contribution is -0.131. The van der Waals surface area contributed by atoms with Crippen LogP contribution in [-0.2, 0) is 4.79 Å². The van der Waals surface area contributed by atoms with Crippen molar-refractivity contribution in [3.05, 3.63) is 36.8 Å². The van der Waals surface area contributed by atoms with E-state index in [-0.39, 0.29) is 5.91 Å². The van der Waals surface area contributed by atoms with Crippen molar-refractivity contribution < 1.29 is 4.79 Å². The minimum absolute atomic E-state index is 0.270. The van der Waals surface area contributed by atoms with Crippen LogP contribution < -0.4 is 0 Å². The molecule has 1 atom stereocenters. The molecule has 25 heavy (non-hydrogen) atoms. The molecule has 2 saturated heterocycles. The van der Waals surface area contributed by atoms with Gasteiger partial charge in [0.2, 0.25) is 5.91 Å². The van der Waals surface area contributed by atoms with Crippen molar-refractivity contribution in [3.63, 3.8) is 0 Å². The zero-order valence-corrected chi connectivity index (χ0v) is 14.4. The third kappa shape index (κ3) is 3.56. The summed E-state index contributed by atoms with van der Waals surface area (Å²) in [5.41, 5.74) is 0.999. The fraction of sp³-hybridized carbons (Fsp3) is 0.556. The number of hydrogen-bond acceptors (Lipinski definition) is 5. The summed E-state index contributed by atoms with van der Waals surface area (Å²) in [6.07, 6.45) is 13.3. The summed E-state index contributed by atoms with van der Waals surface area (Å²) in [6.45, 7) is 4.21. The van der Waals surface area contributed by atoms with E-state index in [1.807, 2.05) is 15.7 Å². The highest BCUT2D eigenvalue weighted by Gasteiger charge is 2.28. The topological polar surface area (TPSA) is 67.2 Å². The lowest BCUT2D eigenvalue weighted by Gasteiger charge is -2.33. The Labute approximate surface area is 147 Å². The number of likely N-dealkylation sites (tertiary alicyclic amines) is 2. The number of piperidine rings is 1. The Balaban J connectivity index is 1.47. The van der Waals surface area contributed by atoms with Crippen molar-refractivity contribution in [1.29, 1.82) is 0 Å². The van der Waals surface area contributed by atoms with Crippen LogP contribution >= 0.6 is 0 Å². The van der Waals surface area contributed by atoms with Crippen LogP contribution in [0, 0.1) is 0 Å². The summed E-state index contributed by atoms with van der Waals surface area (Å²) < 4.78 is 1.91. The molecule has 2 aromatic rings. The van der Waals surface area contributed by atoms with E-state index in [0.29, 0.717) is 12.5 Å². The predicted molar refractivity (Wildman–Crippen MR) is 93.4 cm³/mol. The lowest BCUT2D eigenvalue weighted by atomic mass is 9.94. The molecule has 0 bridgehead atoms. The molecule has 0 aliphatic carbocycles. The molecular formula is C18H24N6O. The van der Waals surface area contributed by atoms with Crippen LogP contribution in [0.15, 0.2) is 31.1 Å². The van der Waals surface area contributed by atoms with E-state index in [9.17, 15) is 4.79 Å².